The number of benzene rings is 1. The zero-order valence-corrected chi connectivity index (χ0v) is 12.4. The molecule has 0 bridgehead atoms. The first-order valence-corrected chi connectivity index (χ1v) is 7.51. The number of likely N-dealkylation sites (tertiary alicyclic amines) is 1. The van der Waals surface area contributed by atoms with Crippen molar-refractivity contribution in [2.24, 2.45) is 11.8 Å². The summed E-state index contributed by atoms with van der Waals surface area (Å²) in [6.45, 7) is 5.43. The standard InChI is InChI=1S/C15H19N3O4/c1-2-22-14-4-3-10(5-13(14)18(20)21)15(19)17-8-11-6-16-7-12(11)9-17/h3-5,11-12,16H,2,6-9H2,1H3/t11-,12+. The number of amides is 1. The van der Waals surface area contributed by atoms with Crippen LogP contribution >= 0.6 is 0 Å². The molecule has 7 heteroatoms. The molecule has 3 rings (SSSR count). The van der Waals surface area contributed by atoms with E-state index in [1.807, 2.05) is 0 Å². The minimum Gasteiger partial charge on any atom is -0.487 e. The summed E-state index contributed by atoms with van der Waals surface area (Å²) in [4.78, 5) is 25.0. The maximum absolute atomic E-state index is 12.6. The molecule has 0 saturated carbocycles. The van der Waals surface area contributed by atoms with E-state index >= 15 is 0 Å². The van der Waals surface area contributed by atoms with Gasteiger partial charge >= 0.3 is 5.69 Å². The maximum atomic E-state index is 12.6. The summed E-state index contributed by atoms with van der Waals surface area (Å²) in [6.07, 6.45) is 0. The van der Waals surface area contributed by atoms with Gasteiger partial charge in [0, 0.05) is 37.8 Å². The molecule has 0 aliphatic carbocycles. The van der Waals surface area contributed by atoms with Gasteiger partial charge in [-0.05, 0) is 30.9 Å². The van der Waals surface area contributed by atoms with Crippen LogP contribution in [0, 0.1) is 22.0 Å². The third kappa shape index (κ3) is 2.64. The van der Waals surface area contributed by atoms with Gasteiger partial charge in [0.25, 0.3) is 5.91 Å². The third-order valence-corrected chi connectivity index (χ3v) is 4.38. The van der Waals surface area contributed by atoms with Gasteiger partial charge in [-0.25, -0.2) is 0 Å². The molecule has 0 aromatic heterocycles. The number of rotatable bonds is 4. The quantitative estimate of drug-likeness (QED) is 0.669. The molecular weight excluding hydrogens is 286 g/mol. The van der Waals surface area contributed by atoms with Crippen LogP contribution in [0.25, 0.3) is 0 Å². The SMILES string of the molecule is CCOc1ccc(C(=O)N2C[C@H]3CNC[C@H]3C2)cc1[N+](=O)[O-]. The molecule has 0 unspecified atom stereocenters. The molecule has 1 N–H and O–H groups in total. The van der Waals surface area contributed by atoms with E-state index in [1.165, 1.54) is 12.1 Å². The lowest BCUT2D eigenvalue weighted by atomic mass is 10.0. The smallest absolute Gasteiger partial charge is 0.311 e. The van der Waals surface area contributed by atoms with Gasteiger partial charge in [0.1, 0.15) is 0 Å². The van der Waals surface area contributed by atoms with E-state index in [-0.39, 0.29) is 17.3 Å². The lowest BCUT2D eigenvalue weighted by Gasteiger charge is -2.17. The summed E-state index contributed by atoms with van der Waals surface area (Å²) >= 11 is 0. The molecule has 2 saturated heterocycles. The Morgan fingerprint density at radius 2 is 2.09 bits per heavy atom. The number of carbonyl (C=O) groups is 1. The van der Waals surface area contributed by atoms with Crippen LogP contribution in [0.4, 0.5) is 5.69 Å². The third-order valence-electron chi connectivity index (χ3n) is 4.38. The fraction of sp³-hybridized carbons (Fsp3) is 0.533. The number of nitro benzene ring substituents is 1. The molecule has 1 amide bonds. The van der Waals surface area contributed by atoms with Crippen LogP contribution in [-0.2, 0) is 0 Å². The summed E-state index contributed by atoms with van der Waals surface area (Å²) < 4.78 is 5.24. The lowest BCUT2D eigenvalue weighted by Crippen LogP contribution is -2.31. The van der Waals surface area contributed by atoms with Crippen molar-refractivity contribution in [3.05, 3.63) is 33.9 Å². The first-order valence-electron chi connectivity index (χ1n) is 7.51. The van der Waals surface area contributed by atoms with Crippen molar-refractivity contribution in [1.82, 2.24) is 10.2 Å². The number of hydrogen-bond acceptors (Lipinski definition) is 5. The summed E-state index contributed by atoms with van der Waals surface area (Å²) in [5.74, 6) is 1.07. The molecule has 22 heavy (non-hydrogen) atoms. The van der Waals surface area contributed by atoms with Crippen molar-refractivity contribution in [2.75, 3.05) is 32.8 Å². The van der Waals surface area contributed by atoms with E-state index in [0.29, 0.717) is 24.0 Å². The fourth-order valence-corrected chi connectivity index (χ4v) is 3.27. The second-order valence-electron chi connectivity index (χ2n) is 5.76. The van der Waals surface area contributed by atoms with Crippen LogP contribution < -0.4 is 10.1 Å². The highest BCUT2D eigenvalue weighted by molar-refractivity contribution is 5.95. The van der Waals surface area contributed by atoms with Gasteiger partial charge in [-0.2, -0.15) is 0 Å². The number of nitrogens with zero attached hydrogens (tertiary/aromatic N) is 2. The molecule has 2 aliphatic heterocycles. The van der Waals surface area contributed by atoms with Crippen LogP contribution in [0.2, 0.25) is 0 Å². The van der Waals surface area contributed by atoms with Crippen molar-refractivity contribution in [1.29, 1.82) is 0 Å². The predicted molar refractivity (Wildman–Crippen MR) is 80.0 cm³/mol. The highest BCUT2D eigenvalue weighted by Crippen LogP contribution is 2.31. The molecule has 0 radical (unpaired) electrons. The molecule has 1 aromatic carbocycles. The van der Waals surface area contributed by atoms with Gasteiger partial charge in [0.2, 0.25) is 0 Å². The zero-order chi connectivity index (χ0) is 15.7. The molecule has 1 aromatic rings. The molecule has 2 atom stereocenters. The van der Waals surface area contributed by atoms with Gasteiger partial charge in [-0.1, -0.05) is 0 Å². The van der Waals surface area contributed by atoms with Crippen molar-refractivity contribution >= 4 is 11.6 Å². The van der Waals surface area contributed by atoms with Crippen LogP contribution in [0.5, 0.6) is 5.75 Å². The van der Waals surface area contributed by atoms with Crippen LogP contribution in [0.3, 0.4) is 0 Å². The molecule has 118 valence electrons. The number of carbonyl (C=O) groups excluding carboxylic acids is 1. The molecule has 2 heterocycles. The Labute approximate surface area is 128 Å². The Hall–Kier alpha value is -2.15. The second kappa shape index (κ2) is 5.92. The Balaban J connectivity index is 1.81. The van der Waals surface area contributed by atoms with Crippen molar-refractivity contribution in [3.63, 3.8) is 0 Å². The average Bonchev–Trinajstić information content (AvgIpc) is 3.08. The van der Waals surface area contributed by atoms with Crippen LogP contribution in [0.15, 0.2) is 18.2 Å². The molecule has 2 aliphatic rings. The number of hydrogen-bond donors (Lipinski definition) is 1. The maximum Gasteiger partial charge on any atom is 0.311 e. The average molecular weight is 305 g/mol. The molecular formula is C15H19N3O4. The van der Waals surface area contributed by atoms with E-state index in [2.05, 4.69) is 5.32 Å². The van der Waals surface area contributed by atoms with Gasteiger partial charge in [0.05, 0.1) is 11.5 Å². The van der Waals surface area contributed by atoms with Gasteiger partial charge < -0.3 is 15.0 Å². The summed E-state index contributed by atoms with van der Waals surface area (Å²) in [7, 11) is 0. The minimum atomic E-state index is -0.510. The first-order chi connectivity index (χ1) is 10.6. The Bertz CT molecular complexity index is 592. The molecule has 7 nitrogen and oxygen atoms in total. The topological polar surface area (TPSA) is 84.7 Å². The fourth-order valence-electron chi connectivity index (χ4n) is 3.27. The van der Waals surface area contributed by atoms with E-state index in [9.17, 15) is 14.9 Å². The Kier molecular flexibility index (Phi) is 3.98. The van der Waals surface area contributed by atoms with E-state index in [0.717, 1.165) is 26.2 Å². The largest absolute Gasteiger partial charge is 0.487 e. The molecule has 0 spiro atoms. The normalized spacial score (nSPS) is 23.4. The first kappa shape index (κ1) is 14.8. The number of fused-ring (bicyclic) bond motifs is 1. The monoisotopic (exact) mass is 305 g/mol. The lowest BCUT2D eigenvalue weighted by molar-refractivity contribution is -0.385. The van der Waals surface area contributed by atoms with E-state index in [4.69, 9.17) is 4.74 Å². The van der Waals surface area contributed by atoms with Crippen molar-refractivity contribution in [2.45, 2.75) is 6.92 Å². The summed E-state index contributed by atoms with van der Waals surface area (Å²) in [5, 5.41) is 14.5. The number of nitrogens with one attached hydrogen (secondary N) is 1. The summed E-state index contributed by atoms with van der Waals surface area (Å²) in [5.41, 5.74) is 0.192. The van der Waals surface area contributed by atoms with Gasteiger partial charge in [-0.3, -0.25) is 14.9 Å². The number of ether oxygens (including phenoxy) is 1. The number of nitro groups is 1. The predicted octanol–water partition coefficient (Wildman–Crippen LogP) is 1.28. The highest BCUT2D eigenvalue weighted by atomic mass is 16.6. The van der Waals surface area contributed by atoms with Gasteiger partial charge in [0.15, 0.2) is 5.75 Å². The Morgan fingerprint density at radius 3 is 2.68 bits per heavy atom. The van der Waals surface area contributed by atoms with Crippen molar-refractivity contribution < 1.29 is 14.5 Å². The Morgan fingerprint density at radius 1 is 1.41 bits per heavy atom. The summed E-state index contributed by atoms with van der Waals surface area (Å²) in [6, 6.07) is 4.43. The zero-order valence-electron chi connectivity index (χ0n) is 12.4. The van der Waals surface area contributed by atoms with E-state index < -0.39 is 4.92 Å². The van der Waals surface area contributed by atoms with E-state index in [1.54, 1.807) is 17.9 Å². The molecule has 2 fully saturated rings. The van der Waals surface area contributed by atoms with Gasteiger partial charge in [-0.15, -0.1) is 0 Å². The highest BCUT2D eigenvalue weighted by Gasteiger charge is 2.38. The second-order valence-corrected chi connectivity index (χ2v) is 5.76. The van der Waals surface area contributed by atoms with Crippen LogP contribution in [-0.4, -0.2) is 48.5 Å². The minimum absolute atomic E-state index is 0.138. The van der Waals surface area contributed by atoms with Crippen molar-refractivity contribution in [3.8, 4) is 5.75 Å². The van der Waals surface area contributed by atoms with Crippen LogP contribution in [0.1, 0.15) is 17.3 Å².